The topological polar surface area (TPSA) is 95.7 Å². The first-order chi connectivity index (χ1) is 12.0. The summed E-state index contributed by atoms with van der Waals surface area (Å²) in [5.41, 5.74) is 1.68. The molecular formula is C17H25IN4O3S. The van der Waals surface area contributed by atoms with Crippen molar-refractivity contribution >= 4 is 40.0 Å². The van der Waals surface area contributed by atoms with Gasteiger partial charge in [-0.05, 0) is 37.2 Å². The molecule has 0 saturated carbocycles. The molecule has 0 atom stereocenters. The summed E-state index contributed by atoms with van der Waals surface area (Å²) in [6, 6.07) is 11.1. The zero-order valence-corrected chi connectivity index (χ0v) is 18.0. The Morgan fingerprint density at radius 1 is 1.15 bits per heavy atom. The SMILES string of the molecule is CCNC(=NCc1cccc(CS(=O)(=O)NC)c1)NCc1ccco1.I. The lowest BCUT2D eigenvalue weighted by Gasteiger charge is -2.10. The highest BCUT2D eigenvalue weighted by Gasteiger charge is 2.08. The molecule has 0 aliphatic heterocycles. The van der Waals surface area contributed by atoms with Crippen molar-refractivity contribution in [2.75, 3.05) is 13.6 Å². The summed E-state index contributed by atoms with van der Waals surface area (Å²) < 4.78 is 30.9. The van der Waals surface area contributed by atoms with Crippen LogP contribution < -0.4 is 15.4 Å². The zero-order chi connectivity index (χ0) is 18.1. The Morgan fingerprint density at radius 2 is 1.92 bits per heavy atom. The zero-order valence-electron chi connectivity index (χ0n) is 14.9. The highest BCUT2D eigenvalue weighted by molar-refractivity contribution is 14.0. The fraction of sp³-hybridized carbons (Fsp3) is 0.353. The average Bonchev–Trinajstić information content (AvgIpc) is 3.11. The fourth-order valence-corrected chi connectivity index (χ4v) is 2.97. The molecule has 0 spiro atoms. The number of nitrogens with zero attached hydrogens (tertiary/aromatic N) is 1. The molecule has 0 fully saturated rings. The number of furan rings is 1. The van der Waals surface area contributed by atoms with E-state index in [1.165, 1.54) is 7.05 Å². The van der Waals surface area contributed by atoms with Crippen LogP contribution >= 0.6 is 24.0 Å². The van der Waals surface area contributed by atoms with Crippen LogP contribution in [0.3, 0.4) is 0 Å². The van der Waals surface area contributed by atoms with E-state index in [1.807, 2.05) is 37.3 Å². The number of sulfonamides is 1. The van der Waals surface area contributed by atoms with Gasteiger partial charge < -0.3 is 15.1 Å². The van der Waals surface area contributed by atoms with Gasteiger partial charge in [-0.1, -0.05) is 24.3 Å². The predicted molar refractivity (Wildman–Crippen MR) is 114 cm³/mol. The van der Waals surface area contributed by atoms with Crippen LogP contribution in [0.4, 0.5) is 0 Å². The van der Waals surface area contributed by atoms with E-state index >= 15 is 0 Å². The highest BCUT2D eigenvalue weighted by Crippen LogP contribution is 2.09. The first-order valence-corrected chi connectivity index (χ1v) is 9.71. The first-order valence-electron chi connectivity index (χ1n) is 8.06. The molecule has 9 heteroatoms. The molecule has 7 nitrogen and oxygen atoms in total. The fourth-order valence-electron chi connectivity index (χ4n) is 2.21. The number of hydrogen-bond donors (Lipinski definition) is 3. The van der Waals surface area contributed by atoms with Crippen LogP contribution in [0.5, 0.6) is 0 Å². The van der Waals surface area contributed by atoms with Gasteiger partial charge in [-0.2, -0.15) is 0 Å². The van der Waals surface area contributed by atoms with E-state index in [2.05, 4.69) is 20.3 Å². The van der Waals surface area contributed by atoms with E-state index in [1.54, 1.807) is 12.3 Å². The molecule has 1 aromatic carbocycles. The average molecular weight is 492 g/mol. The normalized spacial score (nSPS) is 11.7. The molecule has 0 aliphatic rings. The summed E-state index contributed by atoms with van der Waals surface area (Å²) >= 11 is 0. The van der Waals surface area contributed by atoms with Gasteiger partial charge in [-0.25, -0.2) is 18.1 Å². The Labute approximate surface area is 171 Å². The highest BCUT2D eigenvalue weighted by atomic mass is 127. The molecule has 1 aromatic heterocycles. The largest absolute Gasteiger partial charge is 0.467 e. The molecule has 3 N–H and O–H groups in total. The summed E-state index contributed by atoms with van der Waals surface area (Å²) in [5.74, 6) is 1.45. The van der Waals surface area contributed by atoms with Gasteiger partial charge in [-0.15, -0.1) is 24.0 Å². The Hall–Kier alpha value is -1.59. The molecule has 1 heterocycles. The molecule has 0 radical (unpaired) electrons. The van der Waals surface area contributed by atoms with Gasteiger partial charge in [0.2, 0.25) is 10.0 Å². The van der Waals surface area contributed by atoms with E-state index < -0.39 is 10.0 Å². The molecule has 0 unspecified atom stereocenters. The van der Waals surface area contributed by atoms with Crippen molar-refractivity contribution in [1.29, 1.82) is 0 Å². The predicted octanol–water partition coefficient (Wildman–Crippen LogP) is 2.20. The van der Waals surface area contributed by atoms with Crippen LogP contribution in [0.25, 0.3) is 0 Å². The van der Waals surface area contributed by atoms with Gasteiger partial charge in [0.15, 0.2) is 5.96 Å². The monoisotopic (exact) mass is 492 g/mol. The summed E-state index contributed by atoms with van der Waals surface area (Å²) in [6.07, 6.45) is 1.63. The van der Waals surface area contributed by atoms with E-state index in [4.69, 9.17) is 4.42 Å². The van der Waals surface area contributed by atoms with Gasteiger partial charge >= 0.3 is 0 Å². The third kappa shape index (κ3) is 7.75. The summed E-state index contributed by atoms with van der Waals surface area (Å²) in [7, 11) is -1.87. The maximum absolute atomic E-state index is 11.7. The number of aliphatic imine (C=N–C) groups is 1. The van der Waals surface area contributed by atoms with Crippen molar-refractivity contribution in [3.63, 3.8) is 0 Å². The summed E-state index contributed by atoms with van der Waals surface area (Å²) in [5, 5.41) is 6.36. The van der Waals surface area contributed by atoms with Gasteiger partial charge in [-0.3, -0.25) is 0 Å². The van der Waals surface area contributed by atoms with Crippen LogP contribution in [0.2, 0.25) is 0 Å². The van der Waals surface area contributed by atoms with Crippen LogP contribution in [-0.4, -0.2) is 28.0 Å². The van der Waals surface area contributed by atoms with Crippen LogP contribution in [0.15, 0.2) is 52.1 Å². The Kier molecular flexibility index (Phi) is 9.66. The molecule has 0 saturated heterocycles. The molecule has 2 aromatic rings. The number of guanidine groups is 1. The van der Waals surface area contributed by atoms with Crippen LogP contribution in [0, 0.1) is 0 Å². The quantitative estimate of drug-likeness (QED) is 0.299. The molecule has 144 valence electrons. The maximum atomic E-state index is 11.7. The van der Waals surface area contributed by atoms with E-state index in [9.17, 15) is 8.42 Å². The van der Waals surface area contributed by atoms with Crippen molar-refractivity contribution in [2.24, 2.45) is 4.99 Å². The lowest BCUT2D eigenvalue weighted by molar-refractivity contribution is 0.501. The second-order valence-corrected chi connectivity index (χ2v) is 7.34. The standard InChI is InChI=1S/C17H24N4O3S.HI/c1-3-19-17(21-12-16-8-5-9-24-16)20-11-14-6-4-7-15(10-14)13-25(22,23)18-2;/h4-10,18H,3,11-13H2,1-2H3,(H2,19,20,21);1H. The minimum Gasteiger partial charge on any atom is -0.467 e. The van der Waals surface area contributed by atoms with E-state index in [-0.39, 0.29) is 29.7 Å². The van der Waals surface area contributed by atoms with Gasteiger partial charge in [0.1, 0.15) is 5.76 Å². The first kappa shape index (κ1) is 22.5. The van der Waals surface area contributed by atoms with Crippen molar-refractivity contribution < 1.29 is 12.8 Å². The third-order valence-corrected chi connectivity index (χ3v) is 4.77. The second kappa shape index (κ2) is 11.2. The molecular weight excluding hydrogens is 467 g/mol. The Bertz CT molecular complexity index is 792. The minimum atomic E-state index is -3.28. The van der Waals surface area contributed by atoms with E-state index in [0.717, 1.165) is 23.4 Å². The molecule has 26 heavy (non-hydrogen) atoms. The number of halogens is 1. The number of nitrogens with one attached hydrogen (secondary N) is 3. The van der Waals surface area contributed by atoms with Crippen molar-refractivity contribution in [2.45, 2.75) is 25.8 Å². The van der Waals surface area contributed by atoms with E-state index in [0.29, 0.717) is 19.0 Å². The van der Waals surface area contributed by atoms with Crippen LogP contribution in [-0.2, 0) is 28.9 Å². The van der Waals surface area contributed by atoms with Crippen LogP contribution in [0.1, 0.15) is 23.8 Å². The van der Waals surface area contributed by atoms with Crippen molar-refractivity contribution in [1.82, 2.24) is 15.4 Å². The number of rotatable bonds is 8. The summed E-state index contributed by atoms with van der Waals surface area (Å²) in [6.45, 7) is 3.72. The minimum absolute atomic E-state index is 0. The maximum Gasteiger partial charge on any atom is 0.215 e. The number of benzene rings is 1. The lowest BCUT2D eigenvalue weighted by atomic mass is 10.1. The van der Waals surface area contributed by atoms with Crippen molar-refractivity contribution in [3.8, 4) is 0 Å². The van der Waals surface area contributed by atoms with Gasteiger partial charge in [0.25, 0.3) is 0 Å². The smallest absolute Gasteiger partial charge is 0.215 e. The third-order valence-electron chi connectivity index (χ3n) is 3.43. The Balaban J connectivity index is 0.00000338. The van der Waals surface area contributed by atoms with Gasteiger partial charge in [0, 0.05) is 6.54 Å². The summed E-state index contributed by atoms with van der Waals surface area (Å²) in [4.78, 5) is 4.53. The molecule has 0 bridgehead atoms. The Morgan fingerprint density at radius 3 is 2.58 bits per heavy atom. The lowest BCUT2D eigenvalue weighted by Crippen LogP contribution is -2.36. The second-order valence-electron chi connectivity index (χ2n) is 5.41. The molecule has 2 rings (SSSR count). The number of hydrogen-bond acceptors (Lipinski definition) is 4. The van der Waals surface area contributed by atoms with Crippen molar-refractivity contribution in [3.05, 3.63) is 59.5 Å². The van der Waals surface area contributed by atoms with Gasteiger partial charge in [0.05, 0.1) is 25.1 Å². The molecule has 0 aliphatic carbocycles. The molecule has 0 amide bonds.